The molecule has 1 saturated heterocycles. The number of likely N-dealkylation sites (tertiary alicyclic amines) is 1. The summed E-state index contributed by atoms with van der Waals surface area (Å²) in [4.78, 5) is 25.0. The van der Waals surface area contributed by atoms with Crippen molar-refractivity contribution in [3.8, 4) is 0 Å². The van der Waals surface area contributed by atoms with Gasteiger partial charge in [0.25, 0.3) is 5.91 Å². The molecule has 5 nitrogen and oxygen atoms in total. The fourth-order valence-corrected chi connectivity index (χ4v) is 3.08. The van der Waals surface area contributed by atoms with E-state index in [-0.39, 0.29) is 34.3 Å². The molecule has 1 amide bonds. The summed E-state index contributed by atoms with van der Waals surface area (Å²) in [7, 11) is 0. The zero-order valence-corrected chi connectivity index (χ0v) is 12.3. The first-order chi connectivity index (χ1) is 9.43. The molecular weight excluding hydrogens is 280 g/mol. The SMILES string of the molecule is CC1CCCC(C)N1C(=O)c1cccc(Cl)c1[N+](=O)[O-]. The standard InChI is InChI=1S/C14H17ClN2O3/c1-9-5-3-6-10(2)16(9)14(18)11-7-4-8-12(15)13(11)17(19)20/h4,7-10H,3,5-6H2,1-2H3. The molecule has 2 unspecified atom stereocenters. The van der Waals surface area contributed by atoms with Gasteiger partial charge in [0.1, 0.15) is 10.6 Å². The van der Waals surface area contributed by atoms with E-state index in [9.17, 15) is 14.9 Å². The van der Waals surface area contributed by atoms with Gasteiger partial charge >= 0.3 is 5.69 Å². The van der Waals surface area contributed by atoms with E-state index in [2.05, 4.69) is 0 Å². The first kappa shape index (κ1) is 14.8. The fraction of sp³-hybridized carbons (Fsp3) is 0.500. The lowest BCUT2D eigenvalue weighted by Gasteiger charge is -2.39. The van der Waals surface area contributed by atoms with Crippen LogP contribution in [0.25, 0.3) is 0 Å². The van der Waals surface area contributed by atoms with Crippen LogP contribution in [0.15, 0.2) is 18.2 Å². The van der Waals surface area contributed by atoms with E-state index in [4.69, 9.17) is 11.6 Å². The van der Waals surface area contributed by atoms with E-state index < -0.39 is 4.92 Å². The van der Waals surface area contributed by atoms with Gasteiger partial charge in [-0.25, -0.2) is 0 Å². The molecule has 0 bridgehead atoms. The van der Waals surface area contributed by atoms with Crippen LogP contribution in [-0.4, -0.2) is 27.8 Å². The van der Waals surface area contributed by atoms with Gasteiger partial charge in [0.05, 0.1) is 4.92 Å². The predicted molar refractivity (Wildman–Crippen MR) is 77.1 cm³/mol. The average Bonchev–Trinajstić information content (AvgIpc) is 2.37. The molecule has 1 aromatic carbocycles. The molecule has 1 aliphatic heterocycles. The number of halogens is 1. The minimum absolute atomic E-state index is 0.00170. The van der Waals surface area contributed by atoms with Crippen molar-refractivity contribution in [1.82, 2.24) is 4.90 Å². The van der Waals surface area contributed by atoms with E-state index in [0.29, 0.717) is 0 Å². The smallest absolute Gasteiger partial charge is 0.300 e. The Hall–Kier alpha value is -1.62. The highest BCUT2D eigenvalue weighted by Gasteiger charge is 2.33. The largest absolute Gasteiger partial charge is 0.333 e. The Bertz CT molecular complexity index is 537. The van der Waals surface area contributed by atoms with Crippen molar-refractivity contribution in [2.75, 3.05) is 0 Å². The molecule has 1 heterocycles. The van der Waals surface area contributed by atoms with Crippen LogP contribution in [0.3, 0.4) is 0 Å². The number of nitro groups is 1. The molecule has 0 saturated carbocycles. The summed E-state index contributed by atoms with van der Waals surface area (Å²) in [5.74, 6) is -0.307. The summed E-state index contributed by atoms with van der Waals surface area (Å²) in [6.07, 6.45) is 2.92. The van der Waals surface area contributed by atoms with Gasteiger partial charge in [0, 0.05) is 12.1 Å². The molecule has 6 heteroatoms. The van der Waals surface area contributed by atoms with Gasteiger partial charge < -0.3 is 4.90 Å². The maximum atomic E-state index is 12.7. The van der Waals surface area contributed by atoms with E-state index >= 15 is 0 Å². The van der Waals surface area contributed by atoms with Gasteiger partial charge in [-0.2, -0.15) is 0 Å². The fourth-order valence-electron chi connectivity index (χ4n) is 2.83. The normalized spacial score (nSPS) is 22.6. The van der Waals surface area contributed by atoms with E-state index in [1.165, 1.54) is 12.1 Å². The number of nitro benzene ring substituents is 1. The molecule has 108 valence electrons. The van der Waals surface area contributed by atoms with Crippen LogP contribution in [0.1, 0.15) is 43.5 Å². The lowest BCUT2D eigenvalue weighted by molar-refractivity contribution is -0.385. The van der Waals surface area contributed by atoms with Crippen molar-refractivity contribution in [3.05, 3.63) is 38.9 Å². The van der Waals surface area contributed by atoms with E-state index in [1.807, 2.05) is 13.8 Å². The number of benzene rings is 1. The van der Waals surface area contributed by atoms with Crippen molar-refractivity contribution in [1.29, 1.82) is 0 Å². The number of para-hydroxylation sites is 1. The molecular formula is C14H17ClN2O3. The third-order valence-electron chi connectivity index (χ3n) is 3.83. The van der Waals surface area contributed by atoms with Gasteiger partial charge in [-0.3, -0.25) is 14.9 Å². The maximum Gasteiger partial charge on any atom is 0.300 e. The van der Waals surface area contributed by atoms with Gasteiger partial charge in [0.2, 0.25) is 0 Å². The van der Waals surface area contributed by atoms with Crippen molar-refractivity contribution in [3.63, 3.8) is 0 Å². The first-order valence-electron chi connectivity index (χ1n) is 6.69. The highest BCUT2D eigenvalue weighted by molar-refractivity contribution is 6.33. The molecule has 0 N–H and O–H groups in total. The molecule has 0 spiro atoms. The van der Waals surface area contributed by atoms with Crippen LogP contribution in [0, 0.1) is 10.1 Å². The minimum atomic E-state index is -0.588. The first-order valence-corrected chi connectivity index (χ1v) is 7.07. The molecule has 1 fully saturated rings. The van der Waals surface area contributed by atoms with Crippen LogP contribution in [0.2, 0.25) is 5.02 Å². The average molecular weight is 297 g/mol. The van der Waals surface area contributed by atoms with E-state index in [1.54, 1.807) is 11.0 Å². The van der Waals surface area contributed by atoms with Crippen molar-refractivity contribution in [2.45, 2.75) is 45.2 Å². The van der Waals surface area contributed by atoms with Crippen molar-refractivity contribution < 1.29 is 9.72 Å². The minimum Gasteiger partial charge on any atom is -0.333 e. The summed E-state index contributed by atoms with van der Waals surface area (Å²) < 4.78 is 0. The topological polar surface area (TPSA) is 63.5 Å². The molecule has 1 aromatic rings. The van der Waals surface area contributed by atoms with Crippen molar-refractivity contribution in [2.24, 2.45) is 0 Å². The van der Waals surface area contributed by atoms with Crippen LogP contribution in [-0.2, 0) is 0 Å². The maximum absolute atomic E-state index is 12.7. The highest BCUT2D eigenvalue weighted by Crippen LogP contribution is 2.32. The molecule has 2 rings (SSSR count). The molecule has 2 atom stereocenters. The van der Waals surface area contributed by atoms with Crippen LogP contribution in [0.5, 0.6) is 0 Å². The quantitative estimate of drug-likeness (QED) is 0.618. The summed E-state index contributed by atoms with van der Waals surface area (Å²) in [5, 5.41) is 11.1. The predicted octanol–water partition coefficient (Wildman–Crippen LogP) is 3.65. The second-order valence-corrected chi connectivity index (χ2v) is 5.64. The number of nitrogens with zero attached hydrogens (tertiary/aromatic N) is 2. The summed E-state index contributed by atoms with van der Waals surface area (Å²) in [6.45, 7) is 3.95. The Balaban J connectivity index is 2.43. The number of carbonyl (C=O) groups excluding carboxylic acids is 1. The number of hydrogen-bond donors (Lipinski definition) is 0. The Morgan fingerprint density at radius 3 is 2.50 bits per heavy atom. The zero-order chi connectivity index (χ0) is 14.9. The molecule has 0 radical (unpaired) electrons. The van der Waals surface area contributed by atoms with Crippen LogP contribution < -0.4 is 0 Å². The lowest BCUT2D eigenvalue weighted by Crippen LogP contribution is -2.47. The monoisotopic (exact) mass is 296 g/mol. The summed E-state index contributed by atoms with van der Waals surface area (Å²) in [6, 6.07) is 4.65. The van der Waals surface area contributed by atoms with Crippen LogP contribution in [0.4, 0.5) is 5.69 Å². The van der Waals surface area contributed by atoms with Crippen LogP contribution >= 0.6 is 11.6 Å². The third-order valence-corrected chi connectivity index (χ3v) is 4.13. The van der Waals surface area contributed by atoms with Gasteiger partial charge in [-0.1, -0.05) is 17.7 Å². The molecule has 1 aliphatic rings. The Morgan fingerprint density at radius 1 is 1.35 bits per heavy atom. The molecule has 20 heavy (non-hydrogen) atoms. The lowest BCUT2D eigenvalue weighted by atomic mass is 9.96. The second kappa shape index (κ2) is 5.79. The number of carbonyl (C=O) groups is 1. The van der Waals surface area contributed by atoms with Gasteiger partial charge in [-0.15, -0.1) is 0 Å². The number of amides is 1. The summed E-state index contributed by atoms with van der Waals surface area (Å²) in [5.41, 5.74) is -0.229. The number of piperidine rings is 1. The molecule has 0 aromatic heterocycles. The summed E-state index contributed by atoms with van der Waals surface area (Å²) >= 11 is 5.87. The Kier molecular flexibility index (Phi) is 4.28. The number of rotatable bonds is 2. The third kappa shape index (κ3) is 2.63. The zero-order valence-electron chi connectivity index (χ0n) is 11.5. The number of hydrogen-bond acceptors (Lipinski definition) is 3. The second-order valence-electron chi connectivity index (χ2n) is 5.23. The molecule has 0 aliphatic carbocycles. The Labute approximate surface area is 122 Å². The van der Waals surface area contributed by atoms with Gasteiger partial charge in [0.15, 0.2) is 0 Å². The Morgan fingerprint density at radius 2 is 1.95 bits per heavy atom. The van der Waals surface area contributed by atoms with Crippen molar-refractivity contribution >= 4 is 23.2 Å². The van der Waals surface area contributed by atoms with E-state index in [0.717, 1.165) is 19.3 Å². The highest BCUT2D eigenvalue weighted by atomic mass is 35.5. The van der Waals surface area contributed by atoms with Gasteiger partial charge in [-0.05, 0) is 45.2 Å².